The van der Waals surface area contributed by atoms with E-state index in [9.17, 15) is 4.79 Å². The van der Waals surface area contributed by atoms with Crippen molar-refractivity contribution in [3.63, 3.8) is 0 Å². The zero-order valence-electron chi connectivity index (χ0n) is 10.8. The highest BCUT2D eigenvalue weighted by molar-refractivity contribution is 5.68. The van der Waals surface area contributed by atoms with Gasteiger partial charge in [-0.15, -0.1) is 13.2 Å². The van der Waals surface area contributed by atoms with Crippen molar-refractivity contribution < 1.29 is 9.53 Å². The summed E-state index contributed by atoms with van der Waals surface area (Å²) in [5.41, 5.74) is -0.390. The minimum absolute atomic E-state index is 0.274. The van der Waals surface area contributed by atoms with Gasteiger partial charge in [0.15, 0.2) is 0 Å². The second-order valence-corrected chi connectivity index (χ2v) is 4.98. The minimum Gasteiger partial charge on any atom is -0.444 e. The summed E-state index contributed by atoms with van der Waals surface area (Å²) in [4.78, 5) is 11.4. The molecule has 3 nitrogen and oxygen atoms in total. The Balaban J connectivity index is 0.00000106. The molecule has 0 saturated heterocycles. The van der Waals surface area contributed by atoms with Crippen molar-refractivity contribution in [3.05, 3.63) is 13.2 Å². The Kier molecular flexibility index (Phi) is 6.86. The van der Waals surface area contributed by atoms with Crippen LogP contribution in [0.4, 0.5) is 4.79 Å². The molecule has 0 aromatic carbocycles. The molecule has 1 N–H and O–H groups in total. The molecule has 1 amide bonds. The quantitative estimate of drug-likeness (QED) is 0.694. The molecule has 0 aromatic rings. The molecule has 0 unspecified atom stereocenters. The van der Waals surface area contributed by atoms with Gasteiger partial charge in [-0.25, -0.2) is 4.79 Å². The lowest BCUT2D eigenvalue weighted by Gasteiger charge is -2.25. The first kappa shape index (κ1) is 15.0. The number of carbonyl (C=O) groups is 1. The van der Waals surface area contributed by atoms with E-state index in [4.69, 9.17) is 4.74 Å². The highest BCUT2D eigenvalue weighted by Gasteiger charge is 2.20. The molecule has 1 rings (SSSR count). The van der Waals surface area contributed by atoms with E-state index in [-0.39, 0.29) is 6.09 Å². The highest BCUT2D eigenvalue weighted by atomic mass is 16.6. The number of hydrogen-bond donors (Lipinski definition) is 1. The first-order valence-electron chi connectivity index (χ1n) is 5.97. The molecule has 0 bridgehead atoms. The predicted octanol–water partition coefficient (Wildman–Crippen LogP) is 3.65. The Morgan fingerprint density at radius 1 is 1.19 bits per heavy atom. The molecular weight excluding hydrogens is 202 g/mol. The van der Waals surface area contributed by atoms with Crippen LogP contribution in [0.1, 0.15) is 52.9 Å². The van der Waals surface area contributed by atoms with Gasteiger partial charge in [-0.1, -0.05) is 19.3 Å². The lowest BCUT2D eigenvalue weighted by Crippen LogP contribution is -2.39. The molecule has 0 heterocycles. The van der Waals surface area contributed by atoms with E-state index >= 15 is 0 Å². The van der Waals surface area contributed by atoms with Crippen molar-refractivity contribution in [2.75, 3.05) is 0 Å². The van der Waals surface area contributed by atoms with Gasteiger partial charge in [-0.05, 0) is 33.6 Å². The van der Waals surface area contributed by atoms with Gasteiger partial charge in [0.2, 0.25) is 0 Å². The van der Waals surface area contributed by atoms with E-state index in [1.807, 2.05) is 20.8 Å². The van der Waals surface area contributed by atoms with Crippen LogP contribution in [-0.4, -0.2) is 17.7 Å². The maximum atomic E-state index is 11.4. The van der Waals surface area contributed by atoms with Gasteiger partial charge in [-0.2, -0.15) is 0 Å². The Labute approximate surface area is 99.3 Å². The van der Waals surface area contributed by atoms with Gasteiger partial charge >= 0.3 is 6.09 Å². The van der Waals surface area contributed by atoms with Gasteiger partial charge in [0.05, 0.1) is 0 Å². The highest BCUT2D eigenvalue weighted by Crippen LogP contribution is 2.18. The molecule has 0 radical (unpaired) electrons. The van der Waals surface area contributed by atoms with Crippen LogP contribution in [0.15, 0.2) is 13.2 Å². The van der Waals surface area contributed by atoms with Gasteiger partial charge in [0.25, 0.3) is 0 Å². The summed E-state index contributed by atoms with van der Waals surface area (Å²) in [7, 11) is 0. The molecule has 0 atom stereocenters. The summed E-state index contributed by atoms with van der Waals surface area (Å²) in [6.07, 6.45) is 5.66. The fourth-order valence-electron chi connectivity index (χ4n) is 1.72. The third-order valence-electron chi connectivity index (χ3n) is 2.33. The summed E-state index contributed by atoms with van der Waals surface area (Å²) in [5, 5.41) is 2.91. The van der Waals surface area contributed by atoms with Crippen LogP contribution in [0.5, 0.6) is 0 Å². The first-order valence-corrected chi connectivity index (χ1v) is 5.97. The monoisotopic (exact) mass is 227 g/mol. The largest absolute Gasteiger partial charge is 0.444 e. The molecule has 1 aliphatic carbocycles. The zero-order chi connectivity index (χ0) is 12.6. The van der Waals surface area contributed by atoms with E-state index in [2.05, 4.69) is 18.5 Å². The number of carbonyl (C=O) groups excluding carboxylic acids is 1. The topological polar surface area (TPSA) is 38.3 Å². The van der Waals surface area contributed by atoms with Gasteiger partial charge in [-0.3, -0.25) is 0 Å². The van der Waals surface area contributed by atoms with E-state index in [1.165, 1.54) is 19.3 Å². The Morgan fingerprint density at radius 3 is 2.12 bits per heavy atom. The van der Waals surface area contributed by atoms with E-state index in [0.717, 1.165) is 12.8 Å². The van der Waals surface area contributed by atoms with Crippen LogP contribution in [-0.2, 0) is 4.74 Å². The maximum absolute atomic E-state index is 11.4. The number of ether oxygens (including phenoxy) is 1. The maximum Gasteiger partial charge on any atom is 0.407 e. The van der Waals surface area contributed by atoms with Crippen molar-refractivity contribution in [2.45, 2.75) is 64.5 Å². The smallest absolute Gasteiger partial charge is 0.407 e. The van der Waals surface area contributed by atoms with Crippen LogP contribution in [0.25, 0.3) is 0 Å². The molecule has 94 valence electrons. The second kappa shape index (κ2) is 7.31. The third-order valence-corrected chi connectivity index (χ3v) is 2.33. The summed E-state index contributed by atoms with van der Waals surface area (Å²) >= 11 is 0. The van der Waals surface area contributed by atoms with Crippen LogP contribution >= 0.6 is 0 Å². The Bertz CT molecular complexity index is 202. The molecule has 0 aliphatic heterocycles. The number of hydrogen-bond acceptors (Lipinski definition) is 2. The molecule has 1 saturated carbocycles. The number of nitrogens with one attached hydrogen (secondary N) is 1. The fourth-order valence-corrected chi connectivity index (χ4v) is 1.72. The normalized spacial score (nSPS) is 16.9. The molecule has 1 fully saturated rings. The van der Waals surface area contributed by atoms with Crippen LogP contribution in [0.3, 0.4) is 0 Å². The van der Waals surface area contributed by atoms with Gasteiger partial charge < -0.3 is 10.1 Å². The van der Waals surface area contributed by atoms with E-state index in [1.54, 1.807) is 0 Å². The first-order chi connectivity index (χ1) is 7.47. The lowest BCUT2D eigenvalue weighted by molar-refractivity contribution is 0.0493. The predicted molar refractivity (Wildman–Crippen MR) is 67.5 cm³/mol. The molecule has 16 heavy (non-hydrogen) atoms. The van der Waals surface area contributed by atoms with Crippen molar-refractivity contribution in [1.82, 2.24) is 5.32 Å². The van der Waals surface area contributed by atoms with Gasteiger partial charge in [0, 0.05) is 6.04 Å². The van der Waals surface area contributed by atoms with Crippen molar-refractivity contribution >= 4 is 6.09 Å². The lowest BCUT2D eigenvalue weighted by atomic mass is 9.96. The fraction of sp³-hybridized carbons (Fsp3) is 0.769. The van der Waals surface area contributed by atoms with Crippen LogP contribution in [0, 0.1) is 0 Å². The van der Waals surface area contributed by atoms with Crippen LogP contribution < -0.4 is 5.32 Å². The SMILES string of the molecule is C=C.CC(C)(C)OC(=O)NC1CCCCC1. The zero-order valence-corrected chi connectivity index (χ0v) is 10.8. The third kappa shape index (κ3) is 7.32. The second-order valence-electron chi connectivity index (χ2n) is 4.98. The summed E-state index contributed by atoms with van der Waals surface area (Å²) in [5.74, 6) is 0. The number of rotatable bonds is 1. The van der Waals surface area contributed by atoms with Gasteiger partial charge in [0.1, 0.15) is 5.60 Å². The van der Waals surface area contributed by atoms with Crippen molar-refractivity contribution in [1.29, 1.82) is 0 Å². The van der Waals surface area contributed by atoms with Crippen molar-refractivity contribution in [2.24, 2.45) is 0 Å². The average molecular weight is 227 g/mol. The Morgan fingerprint density at radius 2 is 1.69 bits per heavy atom. The molecule has 1 aliphatic rings. The average Bonchev–Trinajstić information content (AvgIpc) is 2.19. The summed E-state index contributed by atoms with van der Waals surface area (Å²) in [6, 6.07) is 0.332. The molecule has 0 spiro atoms. The molecular formula is C13H25NO2. The van der Waals surface area contributed by atoms with E-state index in [0.29, 0.717) is 6.04 Å². The van der Waals surface area contributed by atoms with E-state index < -0.39 is 5.60 Å². The summed E-state index contributed by atoms with van der Waals surface area (Å²) in [6.45, 7) is 11.6. The van der Waals surface area contributed by atoms with Crippen LogP contribution in [0.2, 0.25) is 0 Å². The number of amides is 1. The van der Waals surface area contributed by atoms with Crippen molar-refractivity contribution in [3.8, 4) is 0 Å². The summed E-state index contributed by atoms with van der Waals surface area (Å²) < 4.78 is 5.19. The molecule has 3 heteroatoms. The minimum atomic E-state index is -0.390. The molecule has 0 aromatic heterocycles. The Hall–Kier alpha value is -0.990. The standard InChI is InChI=1S/C11H21NO2.C2H4/c1-11(2,3)14-10(13)12-9-7-5-4-6-8-9;1-2/h9H,4-8H2,1-3H3,(H,12,13);1-2H2. The number of alkyl carbamates (subject to hydrolysis) is 1.